The zero-order chi connectivity index (χ0) is 29.2. The van der Waals surface area contributed by atoms with Crippen molar-refractivity contribution in [3.63, 3.8) is 0 Å². The Bertz CT molecular complexity index is 1510. The van der Waals surface area contributed by atoms with E-state index in [-0.39, 0.29) is 47.0 Å². The minimum atomic E-state index is -1.17. The summed E-state index contributed by atoms with van der Waals surface area (Å²) in [5, 5.41) is 20.7. The van der Waals surface area contributed by atoms with E-state index in [1.165, 1.54) is 19.1 Å². The van der Waals surface area contributed by atoms with Gasteiger partial charge >= 0.3 is 0 Å². The number of anilines is 1. The maximum absolute atomic E-state index is 14.2. The third-order valence-corrected chi connectivity index (χ3v) is 9.32. The molecule has 2 saturated heterocycles. The molecule has 10 heteroatoms. The van der Waals surface area contributed by atoms with Crippen molar-refractivity contribution in [2.75, 3.05) is 19.1 Å². The first-order valence-electron chi connectivity index (χ1n) is 13.5. The molecule has 2 heterocycles. The summed E-state index contributed by atoms with van der Waals surface area (Å²) in [5.74, 6) is -5.13. The highest BCUT2D eigenvalue weighted by atomic mass is 16.5. The van der Waals surface area contributed by atoms with E-state index in [0.717, 1.165) is 5.57 Å². The van der Waals surface area contributed by atoms with Crippen LogP contribution in [0.3, 0.4) is 0 Å². The Balaban J connectivity index is 1.49. The highest BCUT2D eigenvalue weighted by molar-refractivity contribution is 6.24. The van der Waals surface area contributed by atoms with Crippen molar-refractivity contribution in [2.45, 2.75) is 19.8 Å². The number of imide groups is 2. The van der Waals surface area contributed by atoms with Gasteiger partial charge in [0.15, 0.2) is 11.5 Å². The molecule has 6 atom stereocenters. The molecule has 1 saturated carbocycles. The number of aromatic hydroxyl groups is 1. The zero-order valence-corrected chi connectivity index (χ0v) is 22.8. The van der Waals surface area contributed by atoms with Crippen molar-refractivity contribution in [3.8, 4) is 17.2 Å². The van der Waals surface area contributed by atoms with Gasteiger partial charge in [0.2, 0.25) is 17.6 Å². The molecule has 0 bridgehead atoms. The number of nitrogens with zero attached hydrogens (tertiary/aromatic N) is 2. The number of phenolic OH excluding ortho intramolecular Hbond substituents is 1. The lowest BCUT2D eigenvalue weighted by Crippen LogP contribution is -2.49. The molecule has 0 radical (unpaired) electrons. The van der Waals surface area contributed by atoms with Crippen LogP contribution in [-0.2, 0) is 19.2 Å². The SMILES string of the molecule is COc1cc(C=CC2C3=CCC4C(=O)N(O)C(=O)C4C3CC3C(=O)N(c4ccccc4)C(=O)C23C)cc(OC)c1O. The van der Waals surface area contributed by atoms with Gasteiger partial charge in [0.25, 0.3) is 11.8 Å². The van der Waals surface area contributed by atoms with E-state index < -0.39 is 46.8 Å². The van der Waals surface area contributed by atoms with E-state index in [0.29, 0.717) is 11.3 Å². The van der Waals surface area contributed by atoms with Gasteiger partial charge in [0.05, 0.1) is 43.1 Å². The standard InChI is InChI=1S/C31H30N2O8/c1-31-21(12-9-16-13-23(40-2)26(34)24(14-16)41-3)18-10-11-19-25(29(37)33(39)27(19)35)20(18)15-22(31)28(36)32(30(31)38)17-7-5-4-6-8-17/h4-10,12-14,19-22,25,34,39H,11,15H2,1-3H3. The number of ether oxygens (including phenoxy) is 2. The van der Waals surface area contributed by atoms with Crippen LogP contribution in [0.5, 0.6) is 17.2 Å². The number of hydrogen-bond acceptors (Lipinski definition) is 8. The van der Waals surface area contributed by atoms with Gasteiger partial charge in [-0.3, -0.25) is 24.4 Å². The smallest absolute Gasteiger partial charge is 0.257 e. The highest BCUT2D eigenvalue weighted by Gasteiger charge is 2.66. The Hall–Kier alpha value is -4.44. The Kier molecular flexibility index (Phi) is 6.26. The maximum atomic E-state index is 14.2. The van der Waals surface area contributed by atoms with Crippen molar-refractivity contribution >= 4 is 35.4 Å². The third kappa shape index (κ3) is 3.73. The van der Waals surface area contributed by atoms with Crippen LogP contribution in [0, 0.1) is 35.0 Å². The summed E-state index contributed by atoms with van der Waals surface area (Å²) in [6.07, 6.45) is 5.96. The zero-order valence-electron chi connectivity index (χ0n) is 22.8. The second kappa shape index (κ2) is 9.59. The molecule has 2 N–H and O–H groups in total. The fraction of sp³-hybridized carbons (Fsp3) is 0.355. The summed E-state index contributed by atoms with van der Waals surface area (Å²) in [4.78, 5) is 55.1. The molecule has 4 amide bonds. The lowest BCUT2D eigenvalue weighted by atomic mass is 9.52. The summed E-state index contributed by atoms with van der Waals surface area (Å²) >= 11 is 0. The quantitative estimate of drug-likeness (QED) is 0.323. The van der Waals surface area contributed by atoms with E-state index in [2.05, 4.69) is 0 Å². The van der Waals surface area contributed by atoms with Crippen LogP contribution in [0.4, 0.5) is 5.69 Å². The van der Waals surface area contributed by atoms with Crippen molar-refractivity contribution in [3.05, 3.63) is 65.8 Å². The Morgan fingerprint density at radius 3 is 2.24 bits per heavy atom. The lowest BCUT2D eigenvalue weighted by Gasteiger charge is -2.47. The first-order valence-corrected chi connectivity index (χ1v) is 13.5. The van der Waals surface area contributed by atoms with Gasteiger partial charge in [-0.1, -0.05) is 42.0 Å². The highest BCUT2D eigenvalue weighted by Crippen LogP contribution is 2.61. The molecule has 212 valence electrons. The maximum Gasteiger partial charge on any atom is 0.257 e. The number of amides is 4. The second-order valence-corrected chi connectivity index (χ2v) is 11.2. The molecule has 3 fully saturated rings. The van der Waals surface area contributed by atoms with Crippen LogP contribution in [0.1, 0.15) is 25.3 Å². The van der Waals surface area contributed by atoms with E-state index in [9.17, 15) is 29.5 Å². The largest absolute Gasteiger partial charge is 0.502 e. The monoisotopic (exact) mass is 558 g/mol. The minimum Gasteiger partial charge on any atom is -0.502 e. The van der Waals surface area contributed by atoms with Gasteiger partial charge in [-0.25, -0.2) is 4.90 Å². The number of methoxy groups -OCH3 is 2. The van der Waals surface area contributed by atoms with Crippen molar-refractivity contribution < 1.29 is 39.0 Å². The van der Waals surface area contributed by atoms with Crippen molar-refractivity contribution in [1.82, 2.24) is 5.06 Å². The first kappa shape index (κ1) is 26.8. The van der Waals surface area contributed by atoms with E-state index in [4.69, 9.17) is 9.47 Å². The van der Waals surface area contributed by atoms with Gasteiger partial charge in [0.1, 0.15) is 0 Å². The molecule has 10 nitrogen and oxygen atoms in total. The number of para-hydroxylation sites is 1. The predicted molar refractivity (Wildman–Crippen MR) is 146 cm³/mol. The topological polar surface area (TPSA) is 134 Å². The minimum absolute atomic E-state index is 0.147. The number of allylic oxidation sites excluding steroid dienone is 3. The van der Waals surface area contributed by atoms with Gasteiger partial charge in [-0.05, 0) is 55.5 Å². The van der Waals surface area contributed by atoms with Crippen LogP contribution >= 0.6 is 0 Å². The summed E-state index contributed by atoms with van der Waals surface area (Å²) in [6.45, 7) is 1.79. The summed E-state index contributed by atoms with van der Waals surface area (Å²) in [5.41, 5.74) is 0.719. The lowest BCUT2D eigenvalue weighted by molar-refractivity contribution is -0.173. The number of carbonyl (C=O) groups is 4. The fourth-order valence-corrected chi connectivity index (χ4v) is 7.24. The third-order valence-electron chi connectivity index (χ3n) is 9.32. The van der Waals surface area contributed by atoms with Gasteiger partial charge in [-0.2, -0.15) is 5.06 Å². The van der Waals surface area contributed by atoms with E-state index >= 15 is 0 Å². The van der Waals surface area contributed by atoms with Crippen LogP contribution in [0.15, 0.2) is 60.2 Å². The Labute approximate surface area is 236 Å². The number of carbonyl (C=O) groups excluding carboxylic acids is 4. The molecule has 4 aliphatic rings. The van der Waals surface area contributed by atoms with Crippen LogP contribution in [0.2, 0.25) is 0 Å². The number of hydroxylamine groups is 2. The van der Waals surface area contributed by atoms with Crippen LogP contribution in [-0.4, -0.2) is 53.2 Å². The van der Waals surface area contributed by atoms with Crippen LogP contribution in [0.25, 0.3) is 6.08 Å². The molecule has 2 aliphatic heterocycles. The average Bonchev–Trinajstić information content (AvgIpc) is 3.32. The molecule has 2 aromatic rings. The summed E-state index contributed by atoms with van der Waals surface area (Å²) in [6, 6.07) is 12.0. The normalized spacial score (nSPS) is 30.8. The molecule has 6 unspecified atom stereocenters. The summed E-state index contributed by atoms with van der Waals surface area (Å²) < 4.78 is 10.6. The Morgan fingerprint density at radius 2 is 1.61 bits per heavy atom. The van der Waals surface area contributed by atoms with Crippen molar-refractivity contribution in [1.29, 1.82) is 0 Å². The number of fused-ring (bicyclic) bond motifs is 4. The average molecular weight is 559 g/mol. The molecular weight excluding hydrogens is 528 g/mol. The van der Waals surface area contributed by atoms with Gasteiger partial charge in [-0.15, -0.1) is 0 Å². The molecule has 6 rings (SSSR count). The fourth-order valence-electron chi connectivity index (χ4n) is 7.24. The number of rotatable bonds is 5. The molecule has 0 aromatic heterocycles. The summed E-state index contributed by atoms with van der Waals surface area (Å²) in [7, 11) is 2.85. The predicted octanol–water partition coefficient (Wildman–Crippen LogP) is 3.58. The van der Waals surface area contributed by atoms with Crippen LogP contribution < -0.4 is 14.4 Å². The van der Waals surface area contributed by atoms with Gasteiger partial charge in [0, 0.05) is 5.92 Å². The van der Waals surface area contributed by atoms with E-state index in [1.54, 1.807) is 55.5 Å². The Morgan fingerprint density at radius 1 is 0.951 bits per heavy atom. The molecule has 2 aliphatic carbocycles. The molecular formula is C31H30N2O8. The molecule has 2 aromatic carbocycles. The first-order chi connectivity index (χ1) is 19.6. The molecule has 0 spiro atoms. The van der Waals surface area contributed by atoms with E-state index in [1.807, 2.05) is 12.2 Å². The number of benzene rings is 2. The second-order valence-electron chi connectivity index (χ2n) is 11.2. The number of phenols is 1. The van der Waals surface area contributed by atoms with Crippen molar-refractivity contribution in [2.24, 2.45) is 35.0 Å². The number of hydrogen-bond donors (Lipinski definition) is 2. The van der Waals surface area contributed by atoms with Gasteiger partial charge < -0.3 is 14.6 Å². The molecule has 41 heavy (non-hydrogen) atoms.